The number of hydrogen-bond acceptors (Lipinski definition) is 4. The van der Waals surface area contributed by atoms with Crippen LogP contribution < -0.4 is 9.62 Å². The number of anilines is 1. The van der Waals surface area contributed by atoms with Gasteiger partial charge in [-0.3, -0.25) is 13.9 Å². The van der Waals surface area contributed by atoms with Gasteiger partial charge in [-0.2, -0.15) is 0 Å². The Kier molecular flexibility index (Phi) is 9.71. The number of hydrogen-bond donors (Lipinski definition) is 1. The van der Waals surface area contributed by atoms with Crippen molar-refractivity contribution in [2.45, 2.75) is 58.2 Å². The summed E-state index contributed by atoms with van der Waals surface area (Å²) in [5.41, 5.74) is 1.66. The molecule has 0 saturated heterocycles. The van der Waals surface area contributed by atoms with E-state index >= 15 is 0 Å². The molecular weight excluding hydrogens is 589 g/mol. The third-order valence-corrected chi connectivity index (χ3v) is 9.11. The first-order valence-corrected chi connectivity index (χ1v) is 15.0. The second-order valence-corrected chi connectivity index (χ2v) is 12.7. The molecule has 1 saturated carbocycles. The summed E-state index contributed by atoms with van der Waals surface area (Å²) in [6.45, 7) is 2.93. The Bertz CT molecular complexity index is 1220. The van der Waals surface area contributed by atoms with Crippen LogP contribution in [0.3, 0.4) is 0 Å². The Hall–Kier alpha value is -1.81. The quantitative estimate of drug-likeness (QED) is 0.413. The van der Waals surface area contributed by atoms with E-state index in [1.165, 1.54) is 4.90 Å². The van der Waals surface area contributed by atoms with Crippen LogP contribution in [0.1, 0.15) is 43.7 Å². The van der Waals surface area contributed by atoms with Crippen molar-refractivity contribution in [3.8, 4) is 0 Å². The average molecular weight is 619 g/mol. The van der Waals surface area contributed by atoms with Gasteiger partial charge < -0.3 is 10.2 Å². The van der Waals surface area contributed by atoms with Crippen LogP contribution in [0.4, 0.5) is 5.69 Å². The third-order valence-electron chi connectivity index (χ3n) is 6.37. The van der Waals surface area contributed by atoms with Crippen molar-refractivity contribution >= 4 is 66.7 Å². The normalized spacial score (nSPS) is 14.9. The topological polar surface area (TPSA) is 86.8 Å². The molecule has 0 heterocycles. The highest BCUT2D eigenvalue weighted by Gasteiger charge is 2.32. The van der Waals surface area contributed by atoms with E-state index in [1.807, 2.05) is 6.92 Å². The number of rotatable bonds is 9. The summed E-state index contributed by atoms with van der Waals surface area (Å²) in [7, 11) is -3.81. The lowest BCUT2D eigenvalue weighted by molar-refractivity contribution is -0.139. The first-order chi connectivity index (χ1) is 16.9. The van der Waals surface area contributed by atoms with Crippen molar-refractivity contribution in [2.75, 3.05) is 17.1 Å². The summed E-state index contributed by atoms with van der Waals surface area (Å²) in [4.78, 5) is 28.1. The molecule has 0 unspecified atom stereocenters. The van der Waals surface area contributed by atoms with Crippen LogP contribution in [0.15, 0.2) is 40.9 Å². The SMILES string of the molecule is Cc1cc(N(CC(=O)N(Cc2c(Cl)cccc2Cl)[C@H](C)C(=O)NC2CCCC2)S(C)(=O)=O)ccc1Br. The summed E-state index contributed by atoms with van der Waals surface area (Å²) in [5.74, 6) is -0.852. The molecule has 2 amide bonds. The minimum atomic E-state index is -3.81. The number of carbonyl (C=O) groups is 2. The van der Waals surface area contributed by atoms with Gasteiger partial charge in [-0.25, -0.2) is 8.42 Å². The lowest BCUT2D eigenvalue weighted by atomic mass is 10.1. The highest BCUT2D eigenvalue weighted by atomic mass is 79.9. The van der Waals surface area contributed by atoms with Crippen LogP contribution in [0.5, 0.6) is 0 Å². The van der Waals surface area contributed by atoms with Crippen molar-refractivity contribution in [3.05, 3.63) is 62.0 Å². The molecule has 2 aromatic rings. The second-order valence-electron chi connectivity index (χ2n) is 9.09. The summed E-state index contributed by atoms with van der Waals surface area (Å²) in [6, 6.07) is 9.23. The first-order valence-electron chi connectivity index (χ1n) is 11.6. The number of halogens is 3. The van der Waals surface area contributed by atoms with Crippen LogP contribution in [0.2, 0.25) is 10.0 Å². The van der Waals surface area contributed by atoms with E-state index in [2.05, 4.69) is 21.2 Å². The number of nitrogens with zero attached hydrogens (tertiary/aromatic N) is 2. The number of benzene rings is 2. The van der Waals surface area contributed by atoms with Gasteiger partial charge >= 0.3 is 0 Å². The van der Waals surface area contributed by atoms with E-state index in [9.17, 15) is 18.0 Å². The molecule has 0 bridgehead atoms. The zero-order valence-electron chi connectivity index (χ0n) is 20.4. The number of carbonyl (C=O) groups excluding carboxylic acids is 2. The molecule has 1 atom stereocenters. The molecule has 0 spiro atoms. The maximum Gasteiger partial charge on any atom is 0.244 e. The predicted molar refractivity (Wildman–Crippen MR) is 148 cm³/mol. The maximum atomic E-state index is 13.7. The van der Waals surface area contributed by atoms with Gasteiger partial charge in [0.1, 0.15) is 12.6 Å². The fourth-order valence-corrected chi connectivity index (χ4v) is 5.83. The molecule has 1 aliphatic carbocycles. The zero-order valence-corrected chi connectivity index (χ0v) is 24.3. The Balaban J connectivity index is 1.94. The standard InChI is InChI=1S/C25H30BrCl2N3O4S/c1-16-13-19(11-12-21(16)26)31(36(3,34)35)15-24(32)30(14-20-22(27)9-6-10-23(20)28)17(2)25(33)29-18-7-4-5-8-18/h6,9-13,17-18H,4-5,7-8,14-15H2,1-3H3,(H,29,33)/t17-/m1/s1. The van der Waals surface area contributed by atoms with E-state index in [-0.39, 0.29) is 18.5 Å². The van der Waals surface area contributed by atoms with Gasteiger partial charge in [0.15, 0.2) is 0 Å². The number of amides is 2. The van der Waals surface area contributed by atoms with Crippen LogP contribution in [-0.4, -0.2) is 50.0 Å². The van der Waals surface area contributed by atoms with Gasteiger partial charge in [0.05, 0.1) is 11.9 Å². The van der Waals surface area contributed by atoms with Crippen LogP contribution >= 0.6 is 39.1 Å². The molecule has 1 fully saturated rings. The molecule has 11 heteroatoms. The summed E-state index contributed by atoms with van der Waals surface area (Å²) < 4.78 is 27.3. The minimum absolute atomic E-state index is 0.0481. The van der Waals surface area contributed by atoms with E-state index in [1.54, 1.807) is 43.3 Å². The highest BCUT2D eigenvalue weighted by molar-refractivity contribution is 9.10. The largest absolute Gasteiger partial charge is 0.352 e. The molecule has 1 aliphatic rings. The third kappa shape index (κ3) is 7.15. The van der Waals surface area contributed by atoms with Crippen molar-refractivity contribution in [3.63, 3.8) is 0 Å². The summed E-state index contributed by atoms with van der Waals surface area (Å²) >= 11 is 16.2. The summed E-state index contributed by atoms with van der Waals surface area (Å²) in [6.07, 6.45) is 4.93. The van der Waals surface area contributed by atoms with Crippen LogP contribution in [0, 0.1) is 6.92 Å². The van der Waals surface area contributed by atoms with Crippen molar-refractivity contribution in [1.29, 1.82) is 0 Å². The Morgan fingerprint density at radius 1 is 1.14 bits per heavy atom. The first kappa shape index (κ1) is 28.8. The van der Waals surface area contributed by atoms with Crippen LogP contribution in [0.25, 0.3) is 0 Å². The lowest BCUT2D eigenvalue weighted by Crippen LogP contribution is -2.52. The number of aryl methyl sites for hydroxylation is 1. The molecule has 2 aromatic carbocycles. The van der Waals surface area contributed by atoms with Crippen molar-refractivity contribution in [2.24, 2.45) is 0 Å². The van der Waals surface area contributed by atoms with Crippen LogP contribution in [-0.2, 0) is 26.2 Å². The molecule has 3 rings (SSSR count). The molecule has 36 heavy (non-hydrogen) atoms. The highest BCUT2D eigenvalue weighted by Crippen LogP contribution is 2.28. The van der Waals surface area contributed by atoms with Gasteiger partial charge in [0, 0.05) is 32.7 Å². The molecule has 7 nitrogen and oxygen atoms in total. The average Bonchev–Trinajstić information content (AvgIpc) is 3.31. The molecule has 0 aliphatic heterocycles. The maximum absolute atomic E-state index is 13.7. The monoisotopic (exact) mass is 617 g/mol. The lowest BCUT2D eigenvalue weighted by Gasteiger charge is -2.32. The minimum Gasteiger partial charge on any atom is -0.352 e. The second kappa shape index (κ2) is 12.2. The molecule has 0 aromatic heterocycles. The van der Waals surface area contributed by atoms with Gasteiger partial charge in [0.2, 0.25) is 21.8 Å². The van der Waals surface area contributed by atoms with Gasteiger partial charge in [0.25, 0.3) is 0 Å². The van der Waals surface area contributed by atoms with Crippen molar-refractivity contribution < 1.29 is 18.0 Å². The Labute approximate surface area is 231 Å². The van der Waals surface area contributed by atoms with Crippen molar-refractivity contribution in [1.82, 2.24) is 10.2 Å². The molecular formula is C25H30BrCl2N3O4S. The molecule has 1 N–H and O–H groups in total. The Morgan fingerprint density at radius 3 is 2.31 bits per heavy atom. The van der Waals surface area contributed by atoms with E-state index in [4.69, 9.17) is 23.2 Å². The Morgan fingerprint density at radius 2 is 1.75 bits per heavy atom. The van der Waals surface area contributed by atoms with Gasteiger partial charge in [-0.05, 0) is 62.6 Å². The van der Waals surface area contributed by atoms with E-state index in [0.717, 1.165) is 46.3 Å². The number of sulfonamides is 1. The van der Waals surface area contributed by atoms with E-state index in [0.29, 0.717) is 21.3 Å². The molecule has 0 radical (unpaired) electrons. The van der Waals surface area contributed by atoms with E-state index < -0.39 is 28.5 Å². The molecule has 196 valence electrons. The van der Waals surface area contributed by atoms with Gasteiger partial charge in [-0.1, -0.05) is 58.0 Å². The number of nitrogens with one attached hydrogen (secondary N) is 1. The predicted octanol–water partition coefficient (Wildman–Crippen LogP) is 5.31. The summed E-state index contributed by atoms with van der Waals surface area (Å²) in [5, 5.41) is 3.73. The zero-order chi connectivity index (χ0) is 26.6. The fraction of sp³-hybridized carbons (Fsp3) is 0.440. The van der Waals surface area contributed by atoms with Gasteiger partial charge in [-0.15, -0.1) is 0 Å². The fourth-order valence-electron chi connectivity index (χ4n) is 4.23. The smallest absolute Gasteiger partial charge is 0.244 e.